The van der Waals surface area contributed by atoms with Crippen molar-refractivity contribution in [2.45, 2.75) is 51.4 Å². The van der Waals surface area contributed by atoms with Crippen molar-refractivity contribution in [3.05, 3.63) is 64.2 Å². The van der Waals surface area contributed by atoms with E-state index in [-0.39, 0.29) is 5.92 Å². The van der Waals surface area contributed by atoms with Crippen LogP contribution in [0.25, 0.3) is 0 Å². The first-order chi connectivity index (χ1) is 16.9. The number of nitrogens with zero attached hydrogens (tertiary/aromatic N) is 1. The Morgan fingerprint density at radius 2 is 1.89 bits per heavy atom. The van der Waals surface area contributed by atoms with Gasteiger partial charge in [-0.2, -0.15) is 13.2 Å². The molecule has 2 atom stereocenters. The second-order valence-electron chi connectivity index (χ2n) is 8.83. The second-order valence-corrected chi connectivity index (χ2v) is 9.27. The summed E-state index contributed by atoms with van der Waals surface area (Å²) in [5.74, 6) is -3.88. The highest BCUT2D eigenvalue weighted by molar-refractivity contribution is 6.31. The van der Waals surface area contributed by atoms with Crippen LogP contribution in [-0.2, 0) is 14.4 Å². The minimum absolute atomic E-state index is 0.0364. The Balaban J connectivity index is 2.02. The Kier molecular flexibility index (Phi) is 8.39. The number of primary amides is 1. The molecule has 0 spiro atoms. The molecule has 1 heterocycles. The molecule has 4 N–H and O–H groups in total. The zero-order valence-electron chi connectivity index (χ0n) is 19.7. The number of benzene rings is 2. The molecular formula is C25H26ClF3N4O3. The Labute approximate surface area is 211 Å². The molecule has 0 radical (unpaired) electrons. The minimum Gasteiger partial charge on any atom is -0.370 e. The van der Waals surface area contributed by atoms with E-state index in [0.717, 1.165) is 5.56 Å². The van der Waals surface area contributed by atoms with E-state index < -0.39 is 55.2 Å². The van der Waals surface area contributed by atoms with Crippen LogP contribution in [0.4, 0.5) is 18.9 Å². The molecule has 1 aliphatic heterocycles. The molecule has 2 unspecified atom stereocenters. The number of hydrogen-bond donors (Lipinski definition) is 3. The lowest BCUT2D eigenvalue weighted by atomic mass is 9.93. The van der Waals surface area contributed by atoms with Crippen LogP contribution >= 0.6 is 11.6 Å². The largest absolute Gasteiger partial charge is 0.389 e. The summed E-state index contributed by atoms with van der Waals surface area (Å²) in [5.41, 5.74) is 8.03. The number of para-hydroxylation sites is 1. The van der Waals surface area contributed by atoms with E-state index in [4.69, 9.17) is 17.3 Å². The number of anilines is 1. The fourth-order valence-corrected chi connectivity index (χ4v) is 4.15. The molecule has 1 aliphatic rings. The molecule has 0 aromatic heterocycles. The molecule has 192 valence electrons. The van der Waals surface area contributed by atoms with Gasteiger partial charge in [0, 0.05) is 34.9 Å². The van der Waals surface area contributed by atoms with Crippen molar-refractivity contribution >= 4 is 40.7 Å². The quantitative estimate of drug-likeness (QED) is 0.473. The summed E-state index contributed by atoms with van der Waals surface area (Å²) in [6.07, 6.45) is -8.54. The zero-order chi connectivity index (χ0) is 26.6. The standard InChI is InChI=1S/C25H26ClF3N4O3/c1-13(2)17-7-4-8-18-20(14-5-3-6-16(26)11-14)31-22(24(36)32-21(17)18)33-23(35)15(12-19(30)34)9-10-25(27,28)29/h3-8,11,13,15,22H,9-10,12H2,1-2H3,(H2,30,34)(H,32,36)(H,33,35). The topological polar surface area (TPSA) is 114 Å². The summed E-state index contributed by atoms with van der Waals surface area (Å²) >= 11 is 6.18. The third kappa shape index (κ3) is 6.84. The van der Waals surface area contributed by atoms with Crippen LogP contribution in [0.3, 0.4) is 0 Å². The number of alkyl halides is 3. The molecule has 0 bridgehead atoms. The molecule has 0 saturated heterocycles. The SMILES string of the molecule is CC(C)c1cccc2c1NC(=O)C(NC(=O)C(CCC(F)(F)F)CC(N)=O)N=C2c1cccc(Cl)c1. The molecule has 11 heteroatoms. The molecule has 3 amide bonds. The van der Waals surface area contributed by atoms with Gasteiger partial charge in [0.25, 0.3) is 5.91 Å². The number of aliphatic imine (C=N–C) groups is 1. The Hall–Kier alpha value is -3.40. The number of carbonyl (C=O) groups excluding carboxylic acids is 3. The van der Waals surface area contributed by atoms with Gasteiger partial charge in [-0.15, -0.1) is 0 Å². The maximum Gasteiger partial charge on any atom is 0.389 e. The van der Waals surface area contributed by atoms with Gasteiger partial charge in [-0.3, -0.25) is 14.4 Å². The van der Waals surface area contributed by atoms with Crippen LogP contribution < -0.4 is 16.4 Å². The van der Waals surface area contributed by atoms with Gasteiger partial charge in [0.15, 0.2) is 0 Å². The Morgan fingerprint density at radius 3 is 2.50 bits per heavy atom. The summed E-state index contributed by atoms with van der Waals surface area (Å²) in [6.45, 7) is 3.91. The zero-order valence-corrected chi connectivity index (χ0v) is 20.4. The van der Waals surface area contributed by atoms with E-state index in [1.165, 1.54) is 0 Å². The number of benzodiazepines with no additional fused rings is 1. The summed E-state index contributed by atoms with van der Waals surface area (Å²) in [6, 6.07) is 12.2. The van der Waals surface area contributed by atoms with Gasteiger partial charge in [-0.1, -0.05) is 55.8 Å². The normalized spacial score (nSPS) is 16.5. The van der Waals surface area contributed by atoms with Gasteiger partial charge in [-0.25, -0.2) is 4.99 Å². The third-order valence-corrected chi connectivity index (χ3v) is 5.94. The molecular weight excluding hydrogens is 497 g/mol. The van der Waals surface area contributed by atoms with E-state index in [0.29, 0.717) is 27.5 Å². The second kappa shape index (κ2) is 11.1. The number of fused-ring (bicyclic) bond motifs is 1. The number of hydrogen-bond acceptors (Lipinski definition) is 4. The molecule has 0 aliphatic carbocycles. The third-order valence-electron chi connectivity index (χ3n) is 5.70. The van der Waals surface area contributed by atoms with Crippen molar-refractivity contribution in [3.63, 3.8) is 0 Å². The molecule has 7 nitrogen and oxygen atoms in total. The minimum atomic E-state index is -4.53. The van der Waals surface area contributed by atoms with Crippen LogP contribution in [-0.4, -0.2) is 35.8 Å². The molecule has 3 rings (SSSR count). The van der Waals surface area contributed by atoms with Crippen molar-refractivity contribution in [3.8, 4) is 0 Å². The van der Waals surface area contributed by atoms with E-state index in [1.54, 1.807) is 30.3 Å². The van der Waals surface area contributed by atoms with Crippen molar-refractivity contribution in [2.75, 3.05) is 5.32 Å². The highest BCUT2D eigenvalue weighted by atomic mass is 35.5. The monoisotopic (exact) mass is 522 g/mol. The van der Waals surface area contributed by atoms with Gasteiger partial charge < -0.3 is 16.4 Å². The summed E-state index contributed by atoms with van der Waals surface area (Å²) in [4.78, 5) is 42.0. The lowest BCUT2D eigenvalue weighted by molar-refractivity contribution is -0.143. The summed E-state index contributed by atoms with van der Waals surface area (Å²) < 4.78 is 38.3. The van der Waals surface area contributed by atoms with E-state index >= 15 is 0 Å². The first-order valence-corrected chi connectivity index (χ1v) is 11.7. The molecule has 2 aromatic rings. The van der Waals surface area contributed by atoms with E-state index in [2.05, 4.69) is 15.6 Å². The number of halogens is 4. The predicted molar refractivity (Wildman–Crippen MR) is 131 cm³/mol. The number of carbonyl (C=O) groups is 3. The Bertz CT molecular complexity index is 1200. The molecule has 2 aromatic carbocycles. The number of nitrogens with one attached hydrogen (secondary N) is 2. The predicted octanol–water partition coefficient (Wildman–Crippen LogP) is 4.53. The molecule has 0 fully saturated rings. The van der Waals surface area contributed by atoms with Gasteiger partial charge in [0.05, 0.1) is 11.4 Å². The number of amides is 3. The first-order valence-electron chi connectivity index (χ1n) is 11.3. The van der Waals surface area contributed by atoms with Gasteiger partial charge in [0.2, 0.25) is 18.0 Å². The van der Waals surface area contributed by atoms with Crippen molar-refractivity contribution < 1.29 is 27.6 Å². The van der Waals surface area contributed by atoms with E-state index in [9.17, 15) is 27.6 Å². The number of nitrogens with two attached hydrogens (primary N) is 1. The van der Waals surface area contributed by atoms with Crippen LogP contribution in [0.2, 0.25) is 5.02 Å². The summed E-state index contributed by atoms with van der Waals surface area (Å²) in [5, 5.41) is 5.63. The van der Waals surface area contributed by atoms with Crippen molar-refractivity contribution in [1.82, 2.24) is 5.32 Å². The van der Waals surface area contributed by atoms with E-state index in [1.807, 2.05) is 26.0 Å². The fraction of sp³-hybridized carbons (Fsp3) is 0.360. The highest BCUT2D eigenvalue weighted by Gasteiger charge is 2.34. The fourth-order valence-electron chi connectivity index (χ4n) is 3.96. The lowest BCUT2D eigenvalue weighted by Crippen LogP contribution is -2.45. The first kappa shape index (κ1) is 27.2. The average Bonchev–Trinajstić information content (AvgIpc) is 2.91. The lowest BCUT2D eigenvalue weighted by Gasteiger charge is -2.20. The summed E-state index contributed by atoms with van der Waals surface area (Å²) in [7, 11) is 0. The maximum absolute atomic E-state index is 13.2. The highest BCUT2D eigenvalue weighted by Crippen LogP contribution is 2.32. The van der Waals surface area contributed by atoms with Crippen LogP contribution in [0.5, 0.6) is 0 Å². The maximum atomic E-state index is 13.2. The van der Waals surface area contributed by atoms with Gasteiger partial charge in [0.1, 0.15) is 0 Å². The molecule has 36 heavy (non-hydrogen) atoms. The number of rotatable bonds is 8. The van der Waals surface area contributed by atoms with Gasteiger partial charge in [-0.05, 0) is 30.0 Å². The molecule has 0 saturated carbocycles. The average molecular weight is 523 g/mol. The van der Waals surface area contributed by atoms with Crippen LogP contribution in [0.1, 0.15) is 55.7 Å². The van der Waals surface area contributed by atoms with Crippen molar-refractivity contribution in [1.29, 1.82) is 0 Å². The van der Waals surface area contributed by atoms with Crippen molar-refractivity contribution in [2.24, 2.45) is 16.6 Å². The smallest absolute Gasteiger partial charge is 0.370 e. The van der Waals surface area contributed by atoms with Crippen LogP contribution in [0, 0.1) is 5.92 Å². The van der Waals surface area contributed by atoms with Crippen LogP contribution in [0.15, 0.2) is 47.5 Å². The van der Waals surface area contributed by atoms with Gasteiger partial charge >= 0.3 is 6.18 Å². The Morgan fingerprint density at radius 1 is 1.19 bits per heavy atom.